The molecule has 0 radical (unpaired) electrons. The maximum absolute atomic E-state index is 5.41. The van der Waals surface area contributed by atoms with Gasteiger partial charge < -0.3 is 5.73 Å². The summed E-state index contributed by atoms with van der Waals surface area (Å²) in [5.74, 6) is 0. The number of aromatic nitrogens is 1. The Morgan fingerprint density at radius 2 is 2.08 bits per heavy atom. The van der Waals surface area contributed by atoms with Crippen molar-refractivity contribution in [2.24, 2.45) is 5.73 Å². The Kier molecular flexibility index (Phi) is 9.68. The molecule has 2 nitrogen and oxygen atoms in total. The molecule has 0 fully saturated rings. The molecule has 1 rings (SSSR count). The third-order valence-corrected chi connectivity index (χ3v) is 1.80. The van der Waals surface area contributed by atoms with Gasteiger partial charge in [0, 0.05) is 12.4 Å². The first-order valence-electron chi connectivity index (χ1n) is 3.94. The number of hydrogen-bond donors (Lipinski definition) is 1. The van der Waals surface area contributed by atoms with Crippen LogP contribution >= 0.6 is 24.8 Å². The predicted molar refractivity (Wildman–Crippen MR) is 60.8 cm³/mol. The van der Waals surface area contributed by atoms with Gasteiger partial charge in [0.05, 0.1) is 0 Å². The van der Waals surface area contributed by atoms with Crippen LogP contribution in [0.1, 0.15) is 17.5 Å². The van der Waals surface area contributed by atoms with Crippen LogP contribution in [0.2, 0.25) is 0 Å². The van der Waals surface area contributed by atoms with Crippen LogP contribution in [0.25, 0.3) is 0 Å². The van der Waals surface area contributed by atoms with E-state index >= 15 is 0 Å². The molecule has 1 aromatic rings. The van der Waals surface area contributed by atoms with Gasteiger partial charge in [0.25, 0.3) is 0 Å². The Morgan fingerprint density at radius 1 is 1.38 bits per heavy atom. The first kappa shape index (κ1) is 15.2. The number of pyridine rings is 1. The van der Waals surface area contributed by atoms with E-state index in [0.29, 0.717) is 0 Å². The van der Waals surface area contributed by atoms with Crippen LogP contribution in [-0.2, 0) is 6.42 Å². The van der Waals surface area contributed by atoms with E-state index in [1.807, 2.05) is 18.5 Å². The summed E-state index contributed by atoms with van der Waals surface area (Å²) >= 11 is 0. The van der Waals surface area contributed by atoms with Crippen molar-refractivity contribution < 1.29 is 0 Å². The Morgan fingerprint density at radius 3 is 2.62 bits per heavy atom. The largest absolute Gasteiger partial charge is 0.330 e. The number of halogens is 2. The van der Waals surface area contributed by atoms with E-state index in [4.69, 9.17) is 5.73 Å². The second kappa shape index (κ2) is 8.30. The van der Waals surface area contributed by atoms with Gasteiger partial charge in [-0.15, -0.1) is 24.8 Å². The molecule has 0 saturated carbocycles. The molecule has 0 bridgehead atoms. The first-order valence-corrected chi connectivity index (χ1v) is 3.94. The second-order valence-electron chi connectivity index (χ2n) is 2.69. The summed E-state index contributed by atoms with van der Waals surface area (Å²) in [6.07, 6.45) is 5.84. The van der Waals surface area contributed by atoms with Crippen LogP contribution in [0, 0.1) is 6.92 Å². The van der Waals surface area contributed by atoms with Crippen LogP contribution < -0.4 is 5.73 Å². The Balaban J connectivity index is 0. The number of hydrogen-bond acceptors (Lipinski definition) is 2. The van der Waals surface area contributed by atoms with Gasteiger partial charge in [0.2, 0.25) is 0 Å². The minimum atomic E-state index is 0. The second-order valence-corrected chi connectivity index (χ2v) is 2.69. The van der Waals surface area contributed by atoms with Crippen LogP contribution in [0.15, 0.2) is 18.5 Å². The maximum Gasteiger partial charge on any atom is 0.0302 e. The predicted octanol–water partition coefficient (Wildman–Crippen LogP) is 2.12. The maximum atomic E-state index is 5.41. The molecule has 0 aliphatic heterocycles. The van der Waals surface area contributed by atoms with Crippen molar-refractivity contribution >= 4 is 24.8 Å². The zero-order chi connectivity index (χ0) is 8.10. The lowest BCUT2D eigenvalue weighted by atomic mass is 10.1. The summed E-state index contributed by atoms with van der Waals surface area (Å²) in [4.78, 5) is 4.06. The lowest BCUT2D eigenvalue weighted by Gasteiger charge is -2.01. The zero-order valence-corrected chi connectivity index (χ0v) is 9.33. The molecule has 0 amide bonds. The SMILES string of the molecule is Cc1ccncc1CCCN.Cl.Cl. The smallest absolute Gasteiger partial charge is 0.0302 e. The number of rotatable bonds is 3. The number of aryl methyl sites for hydroxylation is 2. The minimum absolute atomic E-state index is 0. The molecule has 0 atom stereocenters. The molecule has 4 heteroatoms. The molecule has 76 valence electrons. The standard InChI is InChI=1S/C9H14N2.2ClH/c1-8-4-6-11-7-9(8)3-2-5-10;;/h4,6-7H,2-3,5,10H2,1H3;2*1H. The molecule has 0 aliphatic carbocycles. The van der Waals surface area contributed by atoms with E-state index in [1.54, 1.807) is 0 Å². The quantitative estimate of drug-likeness (QED) is 0.852. The third kappa shape index (κ3) is 5.09. The average Bonchev–Trinajstić information content (AvgIpc) is 2.03. The van der Waals surface area contributed by atoms with Crippen molar-refractivity contribution in [2.75, 3.05) is 6.54 Å². The summed E-state index contributed by atoms with van der Waals surface area (Å²) < 4.78 is 0. The Hall–Kier alpha value is -0.310. The van der Waals surface area contributed by atoms with E-state index < -0.39 is 0 Å². The van der Waals surface area contributed by atoms with Crippen LogP contribution in [0.4, 0.5) is 0 Å². The molecule has 13 heavy (non-hydrogen) atoms. The van der Waals surface area contributed by atoms with Crippen molar-refractivity contribution in [1.29, 1.82) is 0 Å². The Labute approximate surface area is 91.8 Å². The lowest BCUT2D eigenvalue weighted by Crippen LogP contribution is -2.01. The summed E-state index contributed by atoms with van der Waals surface area (Å²) in [6.45, 7) is 2.86. The summed E-state index contributed by atoms with van der Waals surface area (Å²) in [6, 6.07) is 2.03. The van der Waals surface area contributed by atoms with Gasteiger partial charge in [-0.05, 0) is 43.5 Å². The lowest BCUT2D eigenvalue weighted by molar-refractivity contribution is 0.823. The van der Waals surface area contributed by atoms with Gasteiger partial charge in [-0.25, -0.2) is 0 Å². The van der Waals surface area contributed by atoms with Gasteiger partial charge in [0.15, 0.2) is 0 Å². The highest BCUT2D eigenvalue weighted by atomic mass is 35.5. The fraction of sp³-hybridized carbons (Fsp3) is 0.444. The van der Waals surface area contributed by atoms with Gasteiger partial charge in [0.1, 0.15) is 0 Å². The summed E-state index contributed by atoms with van der Waals surface area (Å²) in [5, 5.41) is 0. The highest BCUT2D eigenvalue weighted by Gasteiger charge is 1.95. The van der Waals surface area contributed by atoms with Gasteiger partial charge in [-0.3, -0.25) is 4.98 Å². The zero-order valence-electron chi connectivity index (χ0n) is 7.69. The van der Waals surface area contributed by atoms with Crippen LogP contribution in [0.3, 0.4) is 0 Å². The highest BCUT2D eigenvalue weighted by Crippen LogP contribution is 2.06. The molecular weight excluding hydrogens is 207 g/mol. The number of nitrogens with zero attached hydrogens (tertiary/aromatic N) is 1. The van der Waals surface area contributed by atoms with E-state index in [0.717, 1.165) is 19.4 Å². The Bertz CT molecular complexity index is 229. The molecule has 0 saturated heterocycles. The molecule has 1 heterocycles. The third-order valence-electron chi connectivity index (χ3n) is 1.80. The normalized spacial score (nSPS) is 8.46. The van der Waals surface area contributed by atoms with Crippen LogP contribution in [0.5, 0.6) is 0 Å². The van der Waals surface area contributed by atoms with Crippen molar-refractivity contribution in [3.63, 3.8) is 0 Å². The summed E-state index contributed by atoms with van der Waals surface area (Å²) in [7, 11) is 0. The molecule has 0 aromatic carbocycles. The first-order chi connectivity index (χ1) is 5.34. The summed E-state index contributed by atoms with van der Waals surface area (Å²) in [5.41, 5.74) is 8.04. The molecule has 2 N–H and O–H groups in total. The fourth-order valence-electron chi connectivity index (χ4n) is 1.05. The average molecular weight is 223 g/mol. The monoisotopic (exact) mass is 222 g/mol. The number of nitrogens with two attached hydrogens (primary N) is 1. The van der Waals surface area contributed by atoms with E-state index in [1.165, 1.54) is 11.1 Å². The van der Waals surface area contributed by atoms with Gasteiger partial charge in [-0.1, -0.05) is 0 Å². The van der Waals surface area contributed by atoms with E-state index in [9.17, 15) is 0 Å². The minimum Gasteiger partial charge on any atom is -0.330 e. The molecule has 0 spiro atoms. The molecule has 0 unspecified atom stereocenters. The van der Waals surface area contributed by atoms with Crippen molar-refractivity contribution in [2.45, 2.75) is 19.8 Å². The molecular formula is C9H16Cl2N2. The van der Waals surface area contributed by atoms with E-state index in [2.05, 4.69) is 11.9 Å². The van der Waals surface area contributed by atoms with Crippen molar-refractivity contribution in [3.05, 3.63) is 29.6 Å². The highest BCUT2D eigenvalue weighted by molar-refractivity contribution is 5.85. The molecule has 0 aliphatic rings. The van der Waals surface area contributed by atoms with Crippen molar-refractivity contribution in [1.82, 2.24) is 4.98 Å². The van der Waals surface area contributed by atoms with Gasteiger partial charge in [-0.2, -0.15) is 0 Å². The van der Waals surface area contributed by atoms with Crippen LogP contribution in [-0.4, -0.2) is 11.5 Å². The van der Waals surface area contributed by atoms with E-state index in [-0.39, 0.29) is 24.8 Å². The molecule has 1 aromatic heterocycles. The van der Waals surface area contributed by atoms with Crippen molar-refractivity contribution in [3.8, 4) is 0 Å². The van der Waals surface area contributed by atoms with Gasteiger partial charge >= 0.3 is 0 Å². The topological polar surface area (TPSA) is 38.9 Å². The fourth-order valence-corrected chi connectivity index (χ4v) is 1.05.